The van der Waals surface area contributed by atoms with Gasteiger partial charge in [-0.05, 0) is 26.3 Å². The molecule has 0 radical (unpaired) electrons. The number of aromatic nitrogens is 2. The molecule has 21 heavy (non-hydrogen) atoms. The molecule has 2 atom stereocenters. The Labute approximate surface area is 128 Å². The number of fused-ring (bicyclic) bond motifs is 2. The molecule has 2 aliphatic heterocycles. The minimum atomic E-state index is 0.325. The first-order chi connectivity index (χ1) is 10.3. The predicted molar refractivity (Wildman–Crippen MR) is 83.8 cm³/mol. The van der Waals surface area contributed by atoms with Gasteiger partial charge in [0.15, 0.2) is 4.96 Å². The monoisotopic (exact) mass is 306 g/mol. The smallest absolute Gasteiger partial charge is 0.194 e. The van der Waals surface area contributed by atoms with Gasteiger partial charge in [-0.15, -0.1) is 11.3 Å². The van der Waals surface area contributed by atoms with Crippen LogP contribution in [0.2, 0.25) is 0 Å². The molecular formula is C15H22N4OS. The Kier molecular flexibility index (Phi) is 3.71. The van der Waals surface area contributed by atoms with E-state index in [1.54, 1.807) is 11.3 Å². The Balaban J connectivity index is 1.33. The Bertz CT molecular complexity index is 622. The second-order valence-electron chi connectivity index (χ2n) is 6.08. The summed E-state index contributed by atoms with van der Waals surface area (Å²) in [6.45, 7) is 7.10. The van der Waals surface area contributed by atoms with Gasteiger partial charge in [0.25, 0.3) is 0 Å². The van der Waals surface area contributed by atoms with Crippen molar-refractivity contribution in [3.05, 3.63) is 23.0 Å². The van der Waals surface area contributed by atoms with E-state index >= 15 is 0 Å². The summed E-state index contributed by atoms with van der Waals surface area (Å²) in [5.74, 6) is 0. The molecule has 0 spiro atoms. The minimum Gasteiger partial charge on any atom is -0.374 e. The minimum absolute atomic E-state index is 0.325. The largest absolute Gasteiger partial charge is 0.374 e. The van der Waals surface area contributed by atoms with Crippen LogP contribution < -0.4 is 5.32 Å². The first kappa shape index (κ1) is 13.7. The van der Waals surface area contributed by atoms with E-state index in [0.29, 0.717) is 12.1 Å². The van der Waals surface area contributed by atoms with E-state index in [4.69, 9.17) is 4.74 Å². The standard InChI is InChI=1S/C15H22N4OS/c1-11-14(19-5-6-21-15(19)17-11)8-16-7-13-9-18-4-2-3-12(18)10-20-13/h5-6,12-13,16H,2-4,7-10H2,1H3. The van der Waals surface area contributed by atoms with Crippen LogP contribution in [-0.2, 0) is 11.3 Å². The van der Waals surface area contributed by atoms with Crippen molar-refractivity contribution in [2.45, 2.75) is 38.5 Å². The summed E-state index contributed by atoms with van der Waals surface area (Å²) < 4.78 is 8.18. The van der Waals surface area contributed by atoms with Crippen LogP contribution >= 0.6 is 11.3 Å². The normalized spacial score (nSPS) is 26.5. The van der Waals surface area contributed by atoms with E-state index in [-0.39, 0.29) is 0 Å². The number of morpholine rings is 1. The Morgan fingerprint density at radius 2 is 2.48 bits per heavy atom. The molecular weight excluding hydrogens is 284 g/mol. The summed E-state index contributed by atoms with van der Waals surface area (Å²) in [5, 5.41) is 5.64. The summed E-state index contributed by atoms with van der Waals surface area (Å²) in [5.41, 5.74) is 2.39. The zero-order chi connectivity index (χ0) is 14.2. The number of imidazole rings is 1. The van der Waals surface area contributed by atoms with Gasteiger partial charge in [0.2, 0.25) is 0 Å². The van der Waals surface area contributed by atoms with Crippen LogP contribution in [0.3, 0.4) is 0 Å². The summed E-state index contributed by atoms with van der Waals surface area (Å²) in [6, 6.07) is 0.684. The number of hydrogen-bond donors (Lipinski definition) is 1. The van der Waals surface area contributed by atoms with Gasteiger partial charge in [0, 0.05) is 37.3 Å². The van der Waals surface area contributed by atoms with Crippen LogP contribution in [0.4, 0.5) is 0 Å². The van der Waals surface area contributed by atoms with Gasteiger partial charge in [0.05, 0.1) is 24.1 Å². The van der Waals surface area contributed by atoms with Crippen molar-refractivity contribution >= 4 is 16.3 Å². The summed E-state index contributed by atoms with van der Waals surface area (Å²) in [6.07, 6.45) is 5.07. The fourth-order valence-electron chi connectivity index (χ4n) is 3.51. The highest BCUT2D eigenvalue weighted by Gasteiger charge is 2.31. The van der Waals surface area contributed by atoms with Crippen LogP contribution in [0.15, 0.2) is 11.6 Å². The zero-order valence-corrected chi connectivity index (χ0v) is 13.2. The third-order valence-corrected chi connectivity index (χ3v) is 5.44. The van der Waals surface area contributed by atoms with E-state index in [2.05, 4.69) is 38.1 Å². The molecule has 5 nitrogen and oxygen atoms in total. The van der Waals surface area contributed by atoms with Crippen LogP contribution in [0.25, 0.3) is 4.96 Å². The van der Waals surface area contributed by atoms with Gasteiger partial charge < -0.3 is 10.1 Å². The van der Waals surface area contributed by atoms with Crippen molar-refractivity contribution in [3.63, 3.8) is 0 Å². The molecule has 4 rings (SSSR count). The van der Waals surface area contributed by atoms with Crippen LogP contribution in [-0.4, -0.2) is 52.7 Å². The van der Waals surface area contributed by atoms with Crippen LogP contribution in [0, 0.1) is 6.92 Å². The molecule has 0 bridgehead atoms. The fourth-order valence-corrected chi connectivity index (χ4v) is 4.29. The van der Waals surface area contributed by atoms with E-state index in [0.717, 1.165) is 36.9 Å². The molecule has 0 amide bonds. The summed E-state index contributed by atoms with van der Waals surface area (Å²) in [7, 11) is 0. The van der Waals surface area contributed by atoms with E-state index < -0.39 is 0 Å². The number of nitrogens with one attached hydrogen (secondary N) is 1. The van der Waals surface area contributed by atoms with E-state index in [1.807, 2.05) is 0 Å². The van der Waals surface area contributed by atoms with Crippen molar-refractivity contribution in [3.8, 4) is 0 Å². The maximum atomic E-state index is 5.99. The number of nitrogens with zero attached hydrogens (tertiary/aromatic N) is 3. The highest BCUT2D eigenvalue weighted by molar-refractivity contribution is 7.15. The highest BCUT2D eigenvalue weighted by Crippen LogP contribution is 2.22. The van der Waals surface area contributed by atoms with E-state index in [9.17, 15) is 0 Å². The Hall–Kier alpha value is -0.950. The number of rotatable bonds is 4. The first-order valence-corrected chi connectivity index (χ1v) is 8.66. The lowest BCUT2D eigenvalue weighted by Crippen LogP contribution is -2.49. The van der Waals surface area contributed by atoms with Crippen molar-refractivity contribution in [1.82, 2.24) is 19.6 Å². The van der Waals surface area contributed by atoms with E-state index in [1.165, 1.54) is 25.1 Å². The quantitative estimate of drug-likeness (QED) is 0.933. The SMILES string of the molecule is Cc1nc2sccn2c1CNCC1CN2CCCC2CO1. The molecule has 0 aromatic carbocycles. The van der Waals surface area contributed by atoms with Gasteiger partial charge in [-0.3, -0.25) is 9.30 Å². The average molecular weight is 306 g/mol. The maximum absolute atomic E-state index is 5.99. The second kappa shape index (κ2) is 5.68. The van der Waals surface area contributed by atoms with Gasteiger partial charge in [-0.25, -0.2) is 4.98 Å². The lowest BCUT2D eigenvalue weighted by molar-refractivity contribution is -0.0470. The van der Waals surface area contributed by atoms with Gasteiger partial charge in [-0.1, -0.05) is 0 Å². The molecule has 4 heterocycles. The zero-order valence-electron chi connectivity index (χ0n) is 12.4. The maximum Gasteiger partial charge on any atom is 0.194 e. The Morgan fingerprint density at radius 1 is 1.52 bits per heavy atom. The number of aryl methyl sites for hydroxylation is 1. The van der Waals surface area contributed by atoms with Crippen molar-refractivity contribution in [1.29, 1.82) is 0 Å². The number of hydrogen-bond acceptors (Lipinski definition) is 5. The molecule has 0 saturated carbocycles. The van der Waals surface area contributed by atoms with Crippen molar-refractivity contribution in [2.75, 3.05) is 26.2 Å². The van der Waals surface area contributed by atoms with Gasteiger partial charge in [0.1, 0.15) is 0 Å². The van der Waals surface area contributed by atoms with Crippen molar-refractivity contribution < 1.29 is 4.74 Å². The van der Waals surface area contributed by atoms with Crippen molar-refractivity contribution in [2.24, 2.45) is 0 Å². The molecule has 1 N–H and O–H groups in total. The second-order valence-corrected chi connectivity index (χ2v) is 6.95. The lowest BCUT2D eigenvalue weighted by Gasteiger charge is -2.35. The third kappa shape index (κ3) is 2.61. The molecule has 6 heteroatoms. The highest BCUT2D eigenvalue weighted by atomic mass is 32.1. The molecule has 2 fully saturated rings. The Morgan fingerprint density at radius 3 is 3.43 bits per heavy atom. The first-order valence-electron chi connectivity index (χ1n) is 7.78. The van der Waals surface area contributed by atoms with Crippen LogP contribution in [0.5, 0.6) is 0 Å². The summed E-state index contributed by atoms with van der Waals surface area (Å²) >= 11 is 1.69. The number of thiazole rings is 1. The predicted octanol–water partition coefficient (Wildman–Crippen LogP) is 1.66. The molecule has 114 valence electrons. The topological polar surface area (TPSA) is 41.8 Å². The molecule has 2 aromatic rings. The molecule has 2 saturated heterocycles. The third-order valence-electron chi connectivity index (χ3n) is 4.69. The average Bonchev–Trinajstić information content (AvgIpc) is 3.16. The molecule has 2 aliphatic rings. The van der Waals surface area contributed by atoms with Gasteiger partial charge >= 0.3 is 0 Å². The molecule has 0 aliphatic carbocycles. The summed E-state index contributed by atoms with van der Waals surface area (Å²) in [4.78, 5) is 8.26. The lowest BCUT2D eigenvalue weighted by atomic mass is 10.2. The van der Waals surface area contributed by atoms with Crippen LogP contribution in [0.1, 0.15) is 24.2 Å². The number of ether oxygens (including phenoxy) is 1. The van der Waals surface area contributed by atoms with Gasteiger partial charge in [-0.2, -0.15) is 0 Å². The molecule has 2 unspecified atom stereocenters. The fraction of sp³-hybridized carbons (Fsp3) is 0.667. The molecule has 2 aromatic heterocycles.